The zero-order valence-corrected chi connectivity index (χ0v) is 11.9. The Balaban J connectivity index is 1.58. The number of alkyl halides is 3. The van der Waals surface area contributed by atoms with E-state index in [2.05, 4.69) is 27.6 Å². The van der Waals surface area contributed by atoms with Gasteiger partial charge in [-0.25, -0.2) is 0 Å². The number of halogens is 3. The van der Waals surface area contributed by atoms with E-state index in [-0.39, 0.29) is 5.41 Å². The van der Waals surface area contributed by atoms with Gasteiger partial charge in [-0.3, -0.25) is 0 Å². The van der Waals surface area contributed by atoms with Crippen LogP contribution in [0.5, 0.6) is 0 Å². The molecule has 2 aromatic rings. The summed E-state index contributed by atoms with van der Waals surface area (Å²) in [6.45, 7) is 0.696. The molecule has 3 rings (SSSR count). The highest BCUT2D eigenvalue weighted by Gasteiger charge is 2.42. The molecule has 1 saturated carbocycles. The van der Waals surface area contributed by atoms with Crippen LogP contribution in [0.1, 0.15) is 24.1 Å². The van der Waals surface area contributed by atoms with E-state index in [9.17, 15) is 13.2 Å². The summed E-state index contributed by atoms with van der Waals surface area (Å²) in [6, 6.07) is 12.5. The van der Waals surface area contributed by atoms with Gasteiger partial charge in [0.1, 0.15) is 5.82 Å². The molecule has 1 N–H and O–H groups in total. The van der Waals surface area contributed by atoms with E-state index in [1.54, 1.807) is 0 Å². The summed E-state index contributed by atoms with van der Waals surface area (Å²) < 4.78 is 37.3. The summed E-state index contributed by atoms with van der Waals surface area (Å²) >= 11 is 0. The van der Waals surface area contributed by atoms with Crippen LogP contribution in [0.2, 0.25) is 0 Å². The highest BCUT2D eigenvalue weighted by atomic mass is 19.4. The Morgan fingerprint density at radius 2 is 1.73 bits per heavy atom. The Hall–Kier alpha value is -2.11. The van der Waals surface area contributed by atoms with Gasteiger partial charge in [0.2, 0.25) is 0 Å². The minimum atomic E-state index is -4.45. The third kappa shape index (κ3) is 3.55. The topological polar surface area (TPSA) is 37.8 Å². The largest absolute Gasteiger partial charge is 0.435 e. The van der Waals surface area contributed by atoms with Crippen LogP contribution in [0.4, 0.5) is 19.0 Å². The molecule has 0 bridgehead atoms. The molecule has 1 aromatic heterocycles. The van der Waals surface area contributed by atoms with Crippen LogP contribution < -0.4 is 5.32 Å². The van der Waals surface area contributed by atoms with Crippen LogP contribution >= 0.6 is 0 Å². The molecule has 3 nitrogen and oxygen atoms in total. The number of anilines is 1. The lowest BCUT2D eigenvalue weighted by Crippen LogP contribution is -2.19. The quantitative estimate of drug-likeness (QED) is 0.909. The number of hydrogen-bond donors (Lipinski definition) is 1. The number of hydrogen-bond acceptors (Lipinski definition) is 3. The molecule has 1 aliphatic carbocycles. The summed E-state index contributed by atoms with van der Waals surface area (Å²) in [7, 11) is 0. The molecule has 0 aliphatic heterocycles. The highest BCUT2D eigenvalue weighted by molar-refractivity contribution is 5.34. The van der Waals surface area contributed by atoms with E-state index in [0.29, 0.717) is 12.4 Å². The standard InChI is InChI=1S/C16H16F3N3/c17-16(18,19)13-6-7-14(22-21-13)20-11-15(8-9-15)10-12-4-2-1-3-5-12/h1-7H,8-11H2,(H,20,22). The first-order chi connectivity index (χ1) is 10.5. The van der Waals surface area contributed by atoms with Gasteiger partial charge >= 0.3 is 6.18 Å². The molecule has 6 heteroatoms. The monoisotopic (exact) mass is 307 g/mol. The molecule has 1 aromatic carbocycles. The van der Waals surface area contributed by atoms with Crippen molar-refractivity contribution in [2.45, 2.75) is 25.4 Å². The molecule has 1 fully saturated rings. The second-order valence-electron chi connectivity index (χ2n) is 5.82. The predicted octanol–water partition coefficient (Wildman–Crippen LogP) is 3.93. The number of benzene rings is 1. The Kier molecular flexibility index (Phi) is 3.76. The number of rotatable bonds is 5. The number of nitrogens with one attached hydrogen (secondary N) is 1. The van der Waals surface area contributed by atoms with Crippen molar-refractivity contribution >= 4 is 5.82 Å². The van der Waals surface area contributed by atoms with Gasteiger partial charge in [-0.05, 0) is 42.4 Å². The minimum absolute atomic E-state index is 0.186. The molecule has 0 atom stereocenters. The zero-order valence-electron chi connectivity index (χ0n) is 11.9. The van der Waals surface area contributed by atoms with E-state index >= 15 is 0 Å². The Labute approximate surface area is 126 Å². The number of aromatic nitrogens is 2. The molecular weight excluding hydrogens is 291 g/mol. The minimum Gasteiger partial charge on any atom is -0.368 e. The van der Waals surface area contributed by atoms with Gasteiger partial charge in [-0.2, -0.15) is 13.2 Å². The van der Waals surface area contributed by atoms with Crippen LogP contribution in [-0.4, -0.2) is 16.7 Å². The normalized spacial score (nSPS) is 16.3. The molecule has 22 heavy (non-hydrogen) atoms. The third-order valence-electron chi connectivity index (χ3n) is 3.98. The smallest absolute Gasteiger partial charge is 0.368 e. The van der Waals surface area contributed by atoms with Gasteiger partial charge < -0.3 is 5.32 Å². The first kappa shape index (κ1) is 14.8. The van der Waals surface area contributed by atoms with Crippen molar-refractivity contribution in [3.63, 3.8) is 0 Å². The lowest BCUT2D eigenvalue weighted by Gasteiger charge is -2.16. The molecule has 0 saturated heterocycles. The van der Waals surface area contributed by atoms with Crippen LogP contribution in [0, 0.1) is 5.41 Å². The average molecular weight is 307 g/mol. The molecule has 0 amide bonds. The average Bonchev–Trinajstić information content (AvgIpc) is 3.26. The van der Waals surface area contributed by atoms with Crippen LogP contribution in [0.15, 0.2) is 42.5 Å². The van der Waals surface area contributed by atoms with E-state index in [4.69, 9.17) is 0 Å². The summed E-state index contributed by atoms with van der Waals surface area (Å²) in [5.74, 6) is 0.382. The van der Waals surface area contributed by atoms with Crippen LogP contribution in [-0.2, 0) is 12.6 Å². The van der Waals surface area contributed by atoms with Crippen LogP contribution in [0.25, 0.3) is 0 Å². The van der Waals surface area contributed by atoms with E-state index < -0.39 is 11.9 Å². The fourth-order valence-electron chi connectivity index (χ4n) is 2.48. The highest BCUT2D eigenvalue weighted by Crippen LogP contribution is 2.48. The summed E-state index contributed by atoms with van der Waals surface area (Å²) in [5, 5.41) is 9.92. The fourth-order valence-corrected chi connectivity index (χ4v) is 2.48. The lowest BCUT2D eigenvalue weighted by atomic mass is 9.96. The summed E-state index contributed by atoms with van der Waals surface area (Å²) in [5.41, 5.74) is 0.495. The van der Waals surface area contributed by atoms with Crippen molar-refractivity contribution in [1.29, 1.82) is 0 Å². The summed E-state index contributed by atoms with van der Waals surface area (Å²) in [4.78, 5) is 0. The van der Waals surface area contributed by atoms with Crippen LogP contribution in [0.3, 0.4) is 0 Å². The Morgan fingerprint density at radius 1 is 1.00 bits per heavy atom. The van der Waals surface area contributed by atoms with Crippen molar-refractivity contribution in [2.24, 2.45) is 5.41 Å². The van der Waals surface area contributed by atoms with Crippen molar-refractivity contribution in [3.8, 4) is 0 Å². The van der Waals surface area contributed by atoms with Gasteiger partial charge in [0.15, 0.2) is 5.69 Å². The molecule has 0 unspecified atom stereocenters. The molecule has 0 radical (unpaired) electrons. The SMILES string of the molecule is FC(F)(F)c1ccc(NCC2(Cc3ccccc3)CC2)nn1. The van der Waals surface area contributed by atoms with Crippen molar-refractivity contribution in [3.05, 3.63) is 53.7 Å². The second kappa shape index (κ2) is 5.59. The van der Waals surface area contributed by atoms with Crippen molar-refractivity contribution in [2.75, 3.05) is 11.9 Å². The maximum Gasteiger partial charge on any atom is 0.435 e. The Bertz CT molecular complexity index is 619. The van der Waals surface area contributed by atoms with Crippen molar-refractivity contribution < 1.29 is 13.2 Å². The lowest BCUT2D eigenvalue weighted by molar-refractivity contribution is -0.141. The van der Waals surface area contributed by atoms with Gasteiger partial charge in [-0.15, -0.1) is 10.2 Å². The molecule has 1 aliphatic rings. The fraction of sp³-hybridized carbons (Fsp3) is 0.375. The van der Waals surface area contributed by atoms with Gasteiger partial charge in [0.25, 0.3) is 0 Å². The van der Waals surface area contributed by atoms with Gasteiger partial charge in [0.05, 0.1) is 0 Å². The van der Waals surface area contributed by atoms with Gasteiger partial charge in [-0.1, -0.05) is 30.3 Å². The predicted molar refractivity (Wildman–Crippen MR) is 77.3 cm³/mol. The molecule has 116 valence electrons. The maximum absolute atomic E-state index is 12.4. The van der Waals surface area contributed by atoms with E-state index in [0.717, 1.165) is 25.3 Å². The second-order valence-corrected chi connectivity index (χ2v) is 5.82. The first-order valence-electron chi connectivity index (χ1n) is 7.16. The third-order valence-corrected chi connectivity index (χ3v) is 3.98. The maximum atomic E-state index is 12.4. The van der Waals surface area contributed by atoms with Crippen molar-refractivity contribution in [1.82, 2.24) is 10.2 Å². The Morgan fingerprint density at radius 3 is 2.27 bits per heavy atom. The van der Waals surface area contributed by atoms with E-state index in [1.165, 1.54) is 11.6 Å². The molecular formula is C16H16F3N3. The van der Waals surface area contributed by atoms with E-state index in [1.807, 2.05) is 18.2 Å². The summed E-state index contributed by atoms with van der Waals surface area (Å²) in [6.07, 6.45) is -1.25. The zero-order chi connectivity index (χ0) is 15.6. The molecule has 1 heterocycles. The molecule has 0 spiro atoms. The number of nitrogens with zero attached hydrogens (tertiary/aromatic N) is 2. The van der Waals surface area contributed by atoms with Gasteiger partial charge in [0, 0.05) is 6.54 Å². The first-order valence-corrected chi connectivity index (χ1v) is 7.16.